The summed E-state index contributed by atoms with van der Waals surface area (Å²) in [4.78, 5) is 8.44. The first-order valence-corrected chi connectivity index (χ1v) is 5.91. The first-order valence-electron chi connectivity index (χ1n) is 5.91. The van der Waals surface area contributed by atoms with E-state index in [0.717, 1.165) is 24.2 Å². The lowest BCUT2D eigenvalue weighted by Gasteiger charge is -2.08. The molecular weight excluding hydrogens is 246 g/mol. The largest absolute Gasteiger partial charge is 0.327 e. The van der Waals surface area contributed by atoms with E-state index < -0.39 is 0 Å². The van der Waals surface area contributed by atoms with Crippen molar-refractivity contribution in [3.8, 4) is 11.4 Å². The summed E-state index contributed by atoms with van der Waals surface area (Å²) in [7, 11) is 0. The quantitative estimate of drug-likeness (QED) is 0.923. The minimum Gasteiger partial charge on any atom is -0.327 e. The van der Waals surface area contributed by atoms with Gasteiger partial charge in [0.2, 0.25) is 0 Å². The lowest BCUT2D eigenvalue weighted by Crippen LogP contribution is -2.21. The molecule has 0 radical (unpaired) electrons. The zero-order chi connectivity index (χ0) is 12.1. The Kier molecular flexibility index (Phi) is 5.75. The van der Waals surface area contributed by atoms with Crippen LogP contribution in [0.4, 0.5) is 0 Å². The van der Waals surface area contributed by atoms with Crippen molar-refractivity contribution in [1.82, 2.24) is 9.97 Å². The van der Waals surface area contributed by atoms with Gasteiger partial charge in [0.15, 0.2) is 5.82 Å². The molecule has 2 rings (SSSR count). The molecule has 1 unspecified atom stereocenters. The Balaban J connectivity index is 0.00000162. The van der Waals surface area contributed by atoms with Gasteiger partial charge in [0, 0.05) is 24.0 Å². The monoisotopic (exact) mass is 263 g/mol. The van der Waals surface area contributed by atoms with E-state index in [0.29, 0.717) is 0 Å². The normalized spacial score (nSPS) is 11.7. The Morgan fingerprint density at radius 2 is 1.72 bits per heavy atom. The molecule has 0 aliphatic heterocycles. The minimum absolute atomic E-state index is 0. The fourth-order valence-corrected chi connectivity index (χ4v) is 1.69. The molecule has 0 bridgehead atoms. The van der Waals surface area contributed by atoms with Gasteiger partial charge >= 0.3 is 0 Å². The molecule has 4 heteroatoms. The first kappa shape index (κ1) is 14.6. The number of nitrogens with zero attached hydrogens (tertiary/aromatic N) is 2. The van der Waals surface area contributed by atoms with Crippen molar-refractivity contribution in [1.29, 1.82) is 0 Å². The molecule has 3 nitrogen and oxygen atoms in total. The van der Waals surface area contributed by atoms with E-state index in [2.05, 4.69) is 29.0 Å². The molecule has 0 spiro atoms. The lowest BCUT2D eigenvalue weighted by atomic mass is 10.0. The van der Waals surface area contributed by atoms with E-state index in [-0.39, 0.29) is 18.4 Å². The molecule has 1 atom stereocenters. The van der Waals surface area contributed by atoms with Crippen molar-refractivity contribution >= 4 is 12.4 Å². The van der Waals surface area contributed by atoms with Gasteiger partial charge in [-0.1, -0.05) is 31.2 Å². The average molecular weight is 264 g/mol. The Morgan fingerprint density at radius 1 is 1.11 bits per heavy atom. The van der Waals surface area contributed by atoms with Crippen LogP contribution in [-0.4, -0.2) is 16.0 Å². The van der Waals surface area contributed by atoms with Gasteiger partial charge in [0.1, 0.15) is 0 Å². The molecular formula is C14H18ClN3. The second-order valence-electron chi connectivity index (χ2n) is 4.14. The number of aromatic nitrogens is 2. The minimum atomic E-state index is 0. The summed E-state index contributed by atoms with van der Waals surface area (Å²) in [6.07, 6.45) is 5.43. The van der Waals surface area contributed by atoms with E-state index in [4.69, 9.17) is 5.73 Å². The highest BCUT2D eigenvalue weighted by molar-refractivity contribution is 5.85. The number of hydrogen-bond acceptors (Lipinski definition) is 3. The van der Waals surface area contributed by atoms with Gasteiger partial charge in [-0.25, -0.2) is 9.97 Å². The van der Waals surface area contributed by atoms with Crippen molar-refractivity contribution in [2.24, 2.45) is 5.73 Å². The maximum Gasteiger partial charge on any atom is 0.159 e. The summed E-state index contributed by atoms with van der Waals surface area (Å²) in [6, 6.07) is 10.4. The molecule has 0 saturated heterocycles. The van der Waals surface area contributed by atoms with Crippen molar-refractivity contribution < 1.29 is 0 Å². The topological polar surface area (TPSA) is 51.8 Å². The summed E-state index contributed by atoms with van der Waals surface area (Å²) < 4.78 is 0. The predicted octanol–water partition coefficient (Wildman–Crippen LogP) is 2.85. The third-order valence-electron chi connectivity index (χ3n) is 2.80. The highest BCUT2D eigenvalue weighted by Gasteiger charge is 2.03. The summed E-state index contributed by atoms with van der Waals surface area (Å²) in [6.45, 7) is 2.11. The third kappa shape index (κ3) is 3.79. The zero-order valence-electron chi connectivity index (χ0n) is 10.4. The average Bonchev–Trinajstić information content (AvgIpc) is 2.40. The Morgan fingerprint density at radius 3 is 2.28 bits per heavy atom. The molecule has 2 N–H and O–H groups in total. The van der Waals surface area contributed by atoms with Crippen LogP contribution < -0.4 is 5.73 Å². The lowest BCUT2D eigenvalue weighted by molar-refractivity contribution is 0.646. The fraction of sp³-hybridized carbons (Fsp3) is 0.286. The summed E-state index contributed by atoms with van der Waals surface area (Å²) in [5.74, 6) is 0.763. The summed E-state index contributed by atoms with van der Waals surface area (Å²) >= 11 is 0. The van der Waals surface area contributed by atoms with Gasteiger partial charge < -0.3 is 5.73 Å². The molecule has 1 aromatic heterocycles. The fourth-order valence-electron chi connectivity index (χ4n) is 1.69. The van der Waals surface area contributed by atoms with Crippen LogP contribution in [0.1, 0.15) is 18.9 Å². The van der Waals surface area contributed by atoms with Crippen molar-refractivity contribution in [3.05, 3.63) is 48.3 Å². The number of halogens is 1. The van der Waals surface area contributed by atoms with E-state index in [9.17, 15) is 0 Å². The van der Waals surface area contributed by atoms with Crippen LogP contribution in [0.3, 0.4) is 0 Å². The van der Waals surface area contributed by atoms with Crippen LogP contribution in [0.5, 0.6) is 0 Å². The molecule has 0 aliphatic carbocycles. The van der Waals surface area contributed by atoms with Gasteiger partial charge in [0.05, 0.1) is 0 Å². The predicted molar refractivity (Wildman–Crippen MR) is 76.7 cm³/mol. The summed E-state index contributed by atoms with van der Waals surface area (Å²) in [5.41, 5.74) is 8.23. The maximum atomic E-state index is 5.93. The van der Waals surface area contributed by atoms with Crippen LogP contribution in [0.25, 0.3) is 11.4 Å². The standard InChI is InChI=1S/C14H17N3.ClH/c1-2-13(15)10-11-4-6-12(7-5-11)14-16-8-3-9-17-14;/h3-9,13H,2,10,15H2,1H3;1H. The molecule has 0 amide bonds. The zero-order valence-corrected chi connectivity index (χ0v) is 11.2. The Labute approximate surface area is 114 Å². The van der Waals surface area contributed by atoms with E-state index >= 15 is 0 Å². The number of nitrogens with two attached hydrogens (primary N) is 1. The van der Waals surface area contributed by atoms with Crippen LogP contribution in [0.15, 0.2) is 42.7 Å². The number of hydrogen-bond donors (Lipinski definition) is 1. The van der Waals surface area contributed by atoms with Crippen molar-refractivity contribution in [2.75, 3.05) is 0 Å². The van der Waals surface area contributed by atoms with Gasteiger partial charge in [-0.05, 0) is 24.5 Å². The molecule has 0 aliphatic rings. The summed E-state index contributed by atoms with van der Waals surface area (Å²) in [5, 5.41) is 0. The van der Waals surface area contributed by atoms with Gasteiger partial charge in [-0.3, -0.25) is 0 Å². The van der Waals surface area contributed by atoms with Gasteiger partial charge in [-0.2, -0.15) is 0 Å². The first-order chi connectivity index (χ1) is 8.29. The van der Waals surface area contributed by atoms with Crippen LogP contribution in [0, 0.1) is 0 Å². The molecule has 96 valence electrons. The molecule has 1 heterocycles. The number of benzene rings is 1. The van der Waals surface area contributed by atoms with Crippen molar-refractivity contribution in [2.45, 2.75) is 25.8 Å². The van der Waals surface area contributed by atoms with Gasteiger partial charge in [-0.15, -0.1) is 12.4 Å². The SMILES string of the molecule is CCC(N)Cc1ccc(-c2ncccn2)cc1.Cl. The molecule has 2 aromatic rings. The van der Waals surface area contributed by atoms with Crippen LogP contribution in [-0.2, 0) is 6.42 Å². The molecule has 1 aromatic carbocycles. The molecule has 18 heavy (non-hydrogen) atoms. The van der Waals surface area contributed by atoms with E-state index in [1.807, 2.05) is 18.2 Å². The smallest absolute Gasteiger partial charge is 0.159 e. The Bertz CT molecular complexity index is 456. The third-order valence-corrected chi connectivity index (χ3v) is 2.80. The maximum absolute atomic E-state index is 5.93. The second kappa shape index (κ2) is 7.09. The van der Waals surface area contributed by atoms with E-state index in [1.54, 1.807) is 12.4 Å². The van der Waals surface area contributed by atoms with Crippen LogP contribution >= 0.6 is 12.4 Å². The molecule has 0 fully saturated rings. The molecule has 0 saturated carbocycles. The van der Waals surface area contributed by atoms with Crippen molar-refractivity contribution in [3.63, 3.8) is 0 Å². The highest BCUT2D eigenvalue weighted by atomic mass is 35.5. The van der Waals surface area contributed by atoms with Crippen LogP contribution in [0.2, 0.25) is 0 Å². The number of rotatable bonds is 4. The Hall–Kier alpha value is -1.45. The van der Waals surface area contributed by atoms with Gasteiger partial charge in [0.25, 0.3) is 0 Å². The van der Waals surface area contributed by atoms with E-state index in [1.165, 1.54) is 5.56 Å². The highest BCUT2D eigenvalue weighted by Crippen LogP contribution is 2.15. The second-order valence-corrected chi connectivity index (χ2v) is 4.14.